The fraction of sp³-hybridized carbons (Fsp3) is 0.591. The summed E-state index contributed by atoms with van der Waals surface area (Å²) in [6, 6.07) is 5.20. The minimum absolute atomic E-state index is 0.155. The molecule has 0 fully saturated rings. The zero-order valence-electron chi connectivity index (χ0n) is 16.8. The van der Waals surface area contributed by atoms with Crippen molar-refractivity contribution in [2.75, 3.05) is 6.61 Å². The maximum absolute atomic E-state index is 12.2. The van der Waals surface area contributed by atoms with Gasteiger partial charge in [-0.15, -0.1) is 0 Å². The first-order chi connectivity index (χ1) is 13.0. The quantitative estimate of drug-likeness (QED) is 0.374. The van der Waals surface area contributed by atoms with Crippen LogP contribution in [0.15, 0.2) is 27.4 Å². The number of benzene rings is 1. The lowest BCUT2D eigenvalue weighted by atomic mass is 10.1. The molecule has 1 heterocycles. The number of ether oxygens (including phenoxy) is 2. The van der Waals surface area contributed by atoms with E-state index in [4.69, 9.17) is 13.9 Å². The minimum atomic E-state index is -0.697. The van der Waals surface area contributed by atoms with Crippen LogP contribution in [0, 0.1) is 0 Å². The molecule has 0 bridgehead atoms. The molecular weight excluding hydrogens is 344 g/mol. The molecule has 0 saturated carbocycles. The molecule has 0 radical (unpaired) electrons. The molecule has 2 aromatic rings. The van der Waals surface area contributed by atoms with E-state index in [0.717, 1.165) is 12.8 Å². The van der Waals surface area contributed by atoms with Gasteiger partial charge in [0, 0.05) is 0 Å². The zero-order chi connectivity index (χ0) is 19.6. The third kappa shape index (κ3) is 6.19. The van der Waals surface area contributed by atoms with Gasteiger partial charge < -0.3 is 19.0 Å². The molecule has 1 aromatic heterocycles. The zero-order valence-corrected chi connectivity index (χ0v) is 16.8. The molecule has 27 heavy (non-hydrogen) atoms. The maximum atomic E-state index is 12.2. The second-order valence-corrected chi connectivity index (χ2v) is 7.19. The van der Waals surface area contributed by atoms with E-state index < -0.39 is 5.63 Å². The molecule has 150 valence electrons. The van der Waals surface area contributed by atoms with Crippen LogP contribution in [0.25, 0.3) is 11.0 Å². The van der Waals surface area contributed by atoms with Crippen molar-refractivity contribution < 1.29 is 19.0 Å². The van der Waals surface area contributed by atoms with Crippen LogP contribution in [0.3, 0.4) is 0 Å². The Morgan fingerprint density at radius 2 is 1.70 bits per heavy atom. The highest BCUT2D eigenvalue weighted by Crippen LogP contribution is 2.36. The Morgan fingerprint density at radius 3 is 2.37 bits per heavy atom. The van der Waals surface area contributed by atoms with E-state index in [2.05, 4.69) is 6.92 Å². The first kappa shape index (κ1) is 21.1. The van der Waals surface area contributed by atoms with Gasteiger partial charge in [-0.3, -0.25) is 0 Å². The van der Waals surface area contributed by atoms with Crippen molar-refractivity contribution in [1.29, 1.82) is 0 Å². The summed E-state index contributed by atoms with van der Waals surface area (Å²) in [5.74, 6) is 0.115. The molecule has 1 N–H and O–H groups in total. The third-order valence-electron chi connectivity index (χ3n) is 4.44. The lowest BCUT2D eigenvalue weighted by molar-refractivity contribution is 0.221. The fourth-order valence-electron chi connectivity index (χ4n) is 3.04. The highest BCUT2D eigenvalue weighted by molar-refractivity contribution is 5.89. The van der Waals surface area contributed by atoms with E-state index in [-0.39, 0.29) is 23.2 Å². The highest BCUT2D eigenvalue weighted by atomic mass is 16.5. The second kappa shape index (κ2) is 10.9. The Hall–Kier alpha value is -2.17. The van der Waals surface area contributed by atoms with E-state index in [0.29, 0.717) is 17.7 Å². The van der Waals surface area contributed by atoms with Crippen LogP contribution >= 0.6 is 0 Å². The molecule has 0 aliphatic carbocycles. The molecule has 1 aromatic carbocycles. The Bertz CT molecular complexity index is 763. The number of hydrogen-bond acceptors (Lipinski definition) is 5. The molecule has 5 heteroatoms. The molecule has 0 amide bonds. The van der Waals surface area contributed by atoms with Crippen molar-refractivity contribution in [3.05, 3.63) is 28.6 Å². The summed E-state index contributed by atoms with van der Waals surface area (Å²) in [5, 5.41) is 10.8. The summed E-state index contributed by atoms with van der Waals surface area (Å²) in [6.45, 7) is 6.35. The topological polar surface area (TPSA) is 68.9 Å². The normalized spacial score (nSPS) is 11.3. The van der Waals surface area contributed by atoms with E-state index in [9.17, 15) is 9.90 Å². The number of unbranched alkanes of at least 4 members (excludes halogenated alkanes) is 7. The minimum Gasteiger partial charge on any atom is -0.504 e. The predicted molar refractivity (Wildman–Crippen MR) is 108 cm³/mol. The smallest absolute Gasteiger partial charge is 0.383 e. The molecular formula is C22H32O5. The summed E-state index contributed by atoms with van der Waals surface area (Å²) in [7, 11) is 0. The molecule has 0 aliphatic rings. The monoisotopic (exact) mass is 376 g/mol. The molecule has 5 nitrogen and oxygen atoms in total. The average Bonchev–Trinajstić information content (AvgIpc) is 2.64. The number of fused-ring (bicyclic) bond motifs is 1. The summed E-state index contributed by atoms with van der Waals surface area (Å²) in [5.41, 5.74) is -0.437. The standard InChI is InChI=1S/C22H32O5/c1-4-5-6-7-8-9-10-11-15-25-18-14-12-13-17-19(23)21(26-16(2)3)22(24)27-20(17)18/h12-14,16,23H,4-11,15H2,1-3H3. The SMILES string of the molecule is CCCCCCCCCCOc1cccc2c(O)c(OC(C)C)c(=O)oc12. The van der Waals surface area contributed by atoms with Gasteiger partial charge in [0.25, 0.3) is 0 Å². The van der Waals surface area contributed by atoms with Crippen molar-refractivity contribution >= 4 is 11.0 Å². The Kier molecular flexibility index (Phi) is 8.49. The fourth-order valence-corrected chi connectivity index (χ4v) is 3.04. The molecule has 0 aliphatic heterocycles. The van der Waals surface area contributed by atoms with E-state index >= 15 is 0 Å². The first-order valence-corrected chi connectivity index (χ1v) is 10.1. The van der Waals surface area contributed by atoms with Crippen LogP contribution in [0.5, 0.6) is 17.2 Å². The van der Waals surface area contributed by atoms with Gasteiger partial charge in [-0.1, -0.05) is 57.9 Å². The van der Waals surface area contributed by atoms with Gasteiger partial charge in [0.2, 0.25) is 5.75 Å². The van der Waals surface area contributed by atoms with Crippen LogP contribution in [-0.4, -0.2) is 17.8 Å². The number of hydrogen-bond donors (Lipinski definition) is 1. The first-order valence-electron chi connectivity index (χ1n) is 10.1. The van der Waals surface area contributed by atoms with Crippen molar-refractivity contribution in [2.24, 2.45) is 0 Å². The molecule has 0 atom stereocenters. The van der Waals surface area contributed by atoms with Gasteiger partial charge in [-0.25, -0.2) is 4.79 Å². The van der Waals surface area contributed by atoms with Gasteiger partial charge in [0.15, 0.2) is 17.1 Å². The molecule has 0 saturated heterocycles. The van der Waals surface area contributed by atoms with Crippen molar-refractivity contribution in [3.8, 4) is 17.2 Å². The Morgan fingerprint density at radius 1 is 1.04 bits per heavy atom. The summed E-state index contributed by atoms with van der Waals surface area (Å²) in [6.07, 6.45) is 9.56. The van der Waals surface area contributed by atoms with E-state index in [1.807, 2.05) is 0 Å². The lowest BCUT2D eigenvalue weighted by Gasteiger charge is -2.13. The van der Waals surface area contributed by atoms with Gasteiger partial charge in [-0.05, 0) is 32.4 Å². The molecule has 2 rings (SSSR count). The Balaban J connectivity index is 1.94. The summed E-state index contributed by atoms with van der Waals surface area (Å²) >= 11 is 0. The van der Waals surface area contributed by atoms with Gasteiger partial charge in [-0.2, -0.15) is 0 Å². The van der Waals surface area contributed by atoms with Crippen LogP contribution < -0.4 is 15.1 Å². The van der Waals surface area contributed by atoms with Gasteiger partial charge in [0.05, 0.1) is 18.1 Å². The van der Waals surface area contributed by atoms with Gasteiger partial charge >= 0.3 is 5.63 Å². The summed E-state index contributed by atoms with van der Waals surface area (Å²) in [4.78, 5) is 12.2. The van der Waals surface area contributed by atoms with Crippen molar-refractivity contribution in [3.63, 3.8) is 0 Å². The lowest BCUT2D eigenvalue weighted by Crippen LogP contribution is -2.13. The molecule has 0 spiro atoms. The molecule has 0 unspecified atom stereocenters. The highest BCUT2D eigenvalue weighted by Gasteiger charge is 2.18. The van der Waals surface area contributed by atoms with E-state index in [1.54, 1.807) is 32.0 Å². The van der Waals surface area contributed by atoms with Gasteiger partial charge in [0.1, 0.15) is 0 Å². The van der Waals surface area contributed by atoms with Crippen molar-refractivity contribution in [2.45, 2.75) is 78.2 Å². The number of rotatable bonds is 12. The average molecular weight is 376 g/mol. The second-order valence-electron chi connectivity index (χ2n) is 7.19. The Labute approximate surface area is 161 Å². The maximum Gasteiger partial charge on any atom is 0.383 e. The van der Waals surface area contributed by atoms with Crippen LogP contribution in [0.2, 0.25) is 0 Å². The predicted octanol–water partition coefficient (Wildman–Crippen LogP) is 5.81. The summed E-state index contributed by atoms with van der Waals surface area (Å²) < 4.78 is 16.6. The van der Waals surface area contributed by atoms with Crippen LogP contribution in [0.4, 0.5) is 0 Å². The van der Waals surface area contributed by atoms with Crippen LogP contribution in [-0.2, 0) is 0 Å². The largest absolute Gasteiger partial charge is 0.504 e. The van der Waals surface area contributed by atoms with Crippen molar-refractivity contribution in [1.82, 2.24) is 0 Å². The third-order valence-corrected chi connectivity index (χ3v) is 4.44. The number of para-hydroxylation sites is 1. The van der Waals surface area contributed by atoms with E-state index in [1.165, 1.54) is 38.5 Å². The number of aromatic hydroxyl groups is 1. The van der Waals surface area contributed by atoms with Crippen LogP contribution in [0.1, 0.15) is 72.1 Å².